The Morgan fingerprint density at radius 3 is 2.67 bits per heavy atom. The number of nitrogens with zero attached hydrogens (tertiary/aromatic N) is 2. The summed E-state index contributed by atoms with van der Waals surface area (Å²) in [6.07, 6.45) is 3.02. The van der Waals surface area contributed by atoms with Gasteiger partial charge in [-0.25, -0.2) is 4.39 Å². The first-order valence-corrected chi connectivity index (χ1v) is 8.39. The van der Waals surface area contributed by atoms with E-state index in [1.807, 2.05) is 25.1 Å². The van der Waals surface area contributed by atoms with E-state index >= 15 is 0 Å². The van der Waals surface area contributed by atoms with Gasteiger partial charge in [-0.2, -0.15) is 0 Å². The summed E-state index contributed by atoms with van der Waals surface area (Å²) in [6.45, 7) is 2.47. The van der Waals surface area contributed by atoms with Gasteiger partial charge in [0.15, 0.2) is 0 Å². The van der Waals surface area contributed by atoms with E-state index in [0.29, 0.717) is 19.6 Å². The number of carbonyl (C=O) groups excluding carboxylic acids is 1. The van der Waals surface area contributed by atoms with Crippen LogP contribution in [0.25, 0.3) is 0 Å². The molecule has 0 saturated heterocycles. The van der Waals surface area contributed by atoms with Crippen LogP contribution in [0.5, 0.6) is 0 Å². The molecule has 24 heavy (non-hydrogen) atoms. The zero-order valence-electron chi connectivity index (χ0n) is 14.6. The van der Waals surface area contributed by atoms with Crippen molar-refractivity contribution in [3.63, 3.8) is 0 Å². The number of nitrogens with two attached hydrogens (primary N) is 1. The van der Waals surface area contributed by atoms with Crippen LogP contribution in [0, 0.1) is 17.7 Å². The molecule has 0 bridgehead atoms. The number of rotatable bonds is 7. The number of carbonyl (C=O) groups is 1. The highest BCUT2D eigenvalue weighted by atomic mass is 35.5. The van der Waals surface area contributed by atoms with E-state index in [2.05, 4.69) is 4.90 Å². The molecular formula is C18H29ClFN3O. The Kier molecular flexibility index (Phi) is 8.67. The molecule has 0 aliphatic heterocycles. The van der Waals surface area contributed by atoms with Crippen molar-refractivity contribution in [3.8, 4) is 0 Å². The lowest BCUT2D eigenvalue weighted by Gasteiger charge is -2.29. The van der Waals surface area contributed by atoms with Gasteiger partial charge >= 0.3 is 0 Å². The summed E-state index contributed by atoms with van der Waals surface area (Å²) in [5.41, 5.74) is 6.66. The Labute approximate surface area is 150 Å². The van der Waals surface area contributed by atoms with Crippen LogP contribution in [-0.2, 0) is 11.3 Å². The van der Waals surface area contributed by atoms with Gasteiger partial charge in [0.25, 0.3) is 0 Å². The van der Waals surface area contributed by atoms with Gasteiger partial charge in [-0.15, -0.1) is 12.4 Å². The van der Waals surface area contributed by atoms with Crippen LogP contribution in [0.3, 0.4) is 0 Å². The Morgan fingerprint density at radius 2 is 2.04 bits per heavy atom. The maximum absolute atomic E-state index is 13.4. The maximum atomic E-state index is 13.4. The van der Waals surface area contributed by atoms with Gasteiger partial charge in [-0.1, -0.05) is 18.6 Å². The minimum Gasteiger partial charge on any atom is -0.337 e. The van der Waals surface area contributed by atoms with Crippen molar-refractivity contribution in [1.82, 2.24) is 9.80 Å². The van der Waals surface area contributed by atoms with E-state index in [4.69, 9.17) is 5.73 Å². The predicted octanol–water partition coefficient (Wildman–Crippen LogP) is 2.51. The van der Waals surface area contributed by atoms with Crippen molar-refractivity contribution >= 4 is 18.3 Å². The van der Waals surface area contributed by atoms with Crippen molar-refractivity contribution in [2.24, 2.45) is 17.6 Å². The molecule has 1 amide bonds. The largest absolute Gasteiger partial charge is 0.337 e. The first-order chi connectivity index (χ1) is 11.0. The molecule has 1 fully saturated rings. The number of halogens is 2. The van der Waals surface area contributed by atoms with E-state index < -0.39 is 0 Å². The fourth-order valence-electron chi connectivity index (χ4n) is 3.32. The van der Waals surface area contributed by atoms with Gasteiger partial charge < -0.3 is 15.5 Å². The molecular weight excluding hydrogens is 329 g/mol. The second kappa shape index (κ2) is 9.97. The number of likely N-dealkylation sites (N-methyl/N-ethyl adjacent to an activating group) is 1. The number of hydrogen-bond donors (Lipinski definition) is 1. The lowest BCUT2D eigenvalue weighted by molar-refractivity contribution is -0.137. The van der Waals surface area contributed by atoms with Crippen LogP contribution >= 0.6 is 12.4 Å². The number of hydrogen-bond acceptors (Lipinski definition) is 3. The van der Waals surface area contributed by atoms with Crippen LogP contribution in [0.4, 0.5) is 4.39 Å². The fourth-order valence-corrected chi connectivity index (χ4v) is 3.32. The molecule has 136 valence electrons. The molecule has 1 aliphatic rings. The third-order valence-electron chi connectivity index (χ3n) is 4.67. The topological polar surface area (TPSA) is 49.6 Å². The lowest BCUT2D eigenvalue weighted by Crippen LogP contribution is -2.41. The summed E-state index contributed by atoms with van der Waals surface area (Å²) in [4.78, 5) is 16.9. The Bertz CT molecular complexity index is 527. The molecule has 2 rings (SSSR count). The molecule has 2 atom stereocenters. The molecule has 4 nitrogen and oxygen atoms in total. The van der Waals surface area contributed by atoms with E-state index in [1.165, 1.54) is 12.1 Å². The van der Waals surface area contributed by atoms with Crippen molar-refractivity contribution in [2.45, 2.75) is 25.8 Å². The standard InChI is InChI=1S/C18H28FN3O.ClH/c1-21(2)9-10-22(13-14-5-3-7-16(19)11-14)18(23)17-8-4-6-15(17)12-20;/h3,5,7,11,15,17H,4,6,8-10,12-13,20H2,1-2H3;1H/t15-,17-;/m1./s1. The molecule has 0 heterocycles. The van der Waals surface area contributed by atoms with Crippen LogP contribution in [0.1, 0.15) is 24.8 Å². The second-order valence-corrected chi connectivity index (χ2v) is 6.73. The molecule has 1 saturated carbocycles. The highest BCUT2D eigenvalue weighted by Crippen LogP contribution is 2.32. The van der Waals surface area contributed by atoms with Gasteiger partial charge in [-0.05, 0) is 57.1 Å². The van der Waals surface area contributed by atoms with Crippen LogP contribution in [-0.4, -0.2) is 49.4 Å². The fraction of sp³-hybridized carbons (Fsp3) is 0.611. The van der Waals surface area contributed by atoms with E-state index in [0.717, 1.165) is 31.4 Å². The number of amides is 1. The van der Waals surface area contributed by atoms with E-state index in [-0.39, 0.29) is 36.0 Å². The molecule has 0 aromatic heterocycles. The van der Waals surface area contributed by atoms with Crippen LogP contribution in [0.2, 0.25) is 0 Å². The summed E-state index contributed by atoms with van der Waals surface area (Å²) in [5.74, 6) is 0.222. The van der Waals surface area contributed by atoms with Crippen molar-refractivity contribution in [3.05, 3.63) is 35.6 Å². The van der Waals surface area contributed by atoms with E-state index in [9.17, 15) is 9.18 Å². The first kappa shape index (κ1) is 20.9. The third kappa shape index (κ3) is 5.72. The highest BCUT2D eigenvalue weighted by Gasteiger charge is 2.34. The molecule has 1 aromatic rings. The van der Waals surface area contributed by atoms with Crippen molar-refractivity contribution in [1.29, 1.82) is 0 Å². The normalized spacial score (nSPS) is 20.0. The van der Waals surface area contributed by atoms with Crippen LogP contribution < -0.4 is 5.73 Å². The summed E-state index contributed by atoms with van der Waals surface area (Å²) in [7, 11) is 3.98. The molecule has 1 aliphatic carbocycles. The summed E-state index contributed by atoms with van der Waals surface area (Å²) >= 11 is 0. The minimum atomic E-state index is -0.261. The van der Waals surface area contributed by atoms with Crippen LogP contribution in [0.15, 0.2) is 24.3 Å². The van der Waals surface area contributed by atoms with Gasteiger partial charge in [0, 0.05) is 25.6 Å². The highest BCUT2D eigenvalue weighted by molar-refractivity contribution is 5.85. The van der Waals surface area contributed by atoms with Crippen molar-refractivity contribution < 1.29 is 9.18 Å². The smallest absolute Gasteiger partial charge is 0.226 e. The Balaban J connectivity index is 0.00000288. The molecule has 1 aromatic carbocycles. The maximum Gasteiger partial charge on any atom is 0.226 e. The predicted molar refractivity (Wildman–Crippen MR) is 97.5 cm³/mol. The Hall–Kier alpha value is -1.17. The first-order valence-electron chi connectivity index (χ1n) is 8.39. The average molecular weight is 358 g/mol. The van der Waals surface area contributed by atoms with Gasteiger partial charge in [-0.3, -0.25) is 4.79 Å². The summed E-state index contributed by atoms with van der Waals surface area (Å²) in [5, 5.41) is 0. The average Bonchev–Trinajstić information content (AvgIpc) is 2.99. The molecule has 6 heteroatoms. The third-order valence-corrected chi connectivity index (χ3v) is 4.67. The van der Waals surface area contributed by atoms with Gasteiger partial charge in [0.1, 0.15) is 5.82 Å². The van der Waals surface area contributed by atoms with Gasteiger partial charge in [0.05, 0.1) is 0 Å². The van der Waals surface area contributed by atoms with E-state index in [1.54, 1.807) is 6.07 Å². The Morgan fingerprint density at radius 1 is 1.29 bits per heavy atom. The summed E-state index contributed by atoms with van der Waals surface area (Å²) in [6, 6.07) is 6.49. The SMILES string of the molecule is CN(C)CCN(Cc1cccc(F)c1)C(=O)[C@@H]1CCC[C@@H]1CN.Cl. The summed E-state index contributed by atoms with van der Waals surface area (Å²) < 4.78 is 13.4. The molecule has 0 radical (unpaired) electrons. The minimum absolute atomic E-state index is 0. The molecule has 2 N–H and O–H groups in total. The lowest BCUT2D eigenvalue weighted by atomic mass is 9.94. The monoisotopic (exact) mass is 357 g/mol. The van der Waals surface area contributed by atoms with Crippen molar-refractivity contribution in [2.75, 3.05) is 33.7 Å². The molecule has 0 spiro atoms. The quantitative estimate of drug-likeness (QED) is 0.815. The second-order valence-electron chi connectivity index (χ2n) is 6.73. The zero-order chi connectivity index (χ0) is 16.8. The van der Waals surface area contributed by atoms with Gasteiger partial charge in [0.2, 0.25) is 5.91 Å². The number of benzene rings is 1. The molecule has 0 unspecified atom stereocenters. The zero-order valence-corrected chi connectivity index (χ0v) is 15.4.